The molecule has 0 radical (unpaired) electrons. The lowest BCUT2D eigenvalue weighted by atomic mass is 10.0. The zero-order valence-electron chi connectivity index (χ0n) is 7.74. The first-order valence-corrected chi connectivity index (χ1v) is 4.14. The van der Waals surface area contributed by atoms with E-state index in [2.05, 4.69) is 5.32 Å². The van der Waals surface area contributed by atoms with E-state index in [0.717, 1.165) is 11.8 Å². The zero-order chi connectivity index (χ0) is 9.84. The lowest BCUT2D eigenvalue weighted by molar-refractivity contribution is 0.112. The van der Waals surface area contributed by atoms with E-state index in [4.69, 9.17) is 0 Å². The van der Waals surface area contributed by atoms with E-state index in [1.54, 1.807) is 19.2 Å². The van der Waals surface area contributed by atoms with E-state index < -0.39 is 0 Å². The van der Waals surface area contributed by atoms with Crippen molar-refractivity contribution in [2.75, 3.05) is 7.05 Å². The van der Waals surface area contributed by atoms with Gasteiger partial charge in [-0.25, -0.2) is 0 Å². The number of aldehydes is 1. The van der Waals surface area contributed by atoms with Crippen LogP contribution in [0.15, 0.2) is 18.2 Å². The summed E-state index contributed by atoms with van der Waals surface area (Å²) in [5.41, 5.74) is 1.32. The van der Waals surface area contributed by atoms with Crippen molar-refractivity contribution >= 4 is 6.29 Å². The van der Waals surface area contributed by atoms with Gasteiger partial charge in [-0.15, -0.1) is 0 Å². The summed E-state index contributed by atoms with van der Waals surface area (Å²) in [6.45, 7) is 1.92. The Morgan fingerprint density at radius 3 is 2.77 bits per heavy atom. The Hall–Kier alpha value is -1.35. The fraction of sp³-hybridized carbons (Fsp3) is 0.300. The maximum Gasteiger partial charge on any atom is 0.150 e. The van der Waals surface area contributed by atoms with E-state index in [1.165, 1.54) is 6.07 Å². The average Bonchev–Trinajstić information content (AvgIpc) is 2.17. The number of hydrogen-bond donors (Lipinski definition) is 2. The Balaban J connectivity index is 3.10. The van der Waals surface area contributed by atoms with Gasteiger partial charge in [0.05, 0.1) is 0 Å². The molecule has 1 rings (SSSR count). The molecular formula is C10H13NO2. The maximum absolute atomic E-state index is 10.5. The molecule has 0 aliphatic heterocycles. The van der Waals surface area contributed by atoms with Crippen LogP contribution in [0.25, 0.3) is 0 Å². The fourth-order valence-electron chi connectivity index (χ4n) is 1.15. The third-order valence-electron chi connectivity index (χ3n) is 2.09. The van der Waals surface area contributed by atoms with Crippen molar-refractivity contribution in [3.63, 3.8) is 0 Å². The fourth-order valence-corrected chi connectivity index (χ4v) is 1.15. The highest BCUT2D eigenvalue weighted by Crippen LogP contribution is 2.24. The normalized spacial score (nSPS) is 12.5. The van der Waals surface area contributed by atoms with E-state index in [-0.39, 0.29) is 11.8 Å². The molecule has 13 heavy (non-hydrogen) atoms. The van der Waals surface area contributed by atoms with E-state index in [1.807, 2.05) is 6.92 Å². The van der Waals surface area contributed by atoms with Crippen LogP contribution in [0.3, 0.4) is 0 Å². The number of hydrogen-bond acceptors (Lipinski definition) is 3. The first-order chi connectivity index (χ1) is 6.19. The molecule has 0 aliphatic carbocycles. The summed E-state index contributed by atoms with van der Waals surface area (Å²) in [7, 11) is 1.80. The second kappa shape index (κ2) is 4.05. The smallest absolute Gasteiger partial charge is 0.150 e. The number of benzene rings is 1. The molecule has 1 atom stereocenters. The molecule has 0 aliphatic rings. The van der Waals surface area contributed by atoms with Gasteiger partial charge in [0.1, 0.15) is 12.0 Å². The van der Waals surface area contributed by atoms with Gasteiger partial charge in [-0.2, -0.15) is 0 Å². The molecule has 1 aromatic rings. The van der Waals surface area contributed by atoms with Crippen LogP contribution in [-0.4, -0.2) is 18.4 Å². The Labute approximate surface area is 77.4 Å². The topological polar surface area (TPSA) is 49.3 Å². The molecule has 0 fully saturated rings. The number of phenols is 1. The largest absolute Gasteiger partial charge is 0.508 e. The molecule has 3 heteroatoms. The molecule has 0 spiro atoms. The van der Waals surface area contributed by atoms with Crippen LogP contribution >= 0.6 is 0 Å². The highest BCUT2D eigenvalue weighted by atomic mass is 16.3. The third-order valence-corrected chi connectivity index (χ3v) is 2.09. The summed E-state index contributed by atoms with van der Waals surface area (Å²) < 4.78 is 0. The maximum atomic E-state index is 10.5. The van der Waals surface area contributed by atoms with Crippen LogP contribution in [0.5, 0.6) is 5.75 Å². The molecule has 1 unspecified atom stereocenters. The molecule has 0 amide bonds. The first kappa shape index (κ1) is 9.74. The van der Waals surface area contributed by atoms with Crippen LogP contribution in [0, 0.1) is 0 Å². The lowest BCUT2D eigenvalue weighted by Crippen LogP contribution is -2.12. The molecular weight excluding hydrogens is 166 g/mol. The Morgan fingerprint density at radius 1 is 1.54 bits per heavy atom. The summed E-state index contributed by atoms with van der Waals surface area (Å²) in [6.07, 6.45) is 0.769. The number of carbonyl (C=O) groups excluding carboxylic acids is 1. The Kier molecular flexibility index (Phi) is 3.03. The second-order valence-corrected chi connectivity index (χ2v) is 2.95. The van der Waals surface area contributed by atoms with Gasteiger partial charge in [0.2, 0.25) is 0 Å². The van der Waals surface area contributed by atoms with Crippen LogP contribution in [-0.2, 0) is 0 Å². The molecule has 1 aromatic carbocycles. The molecule has 70 valence electrons. The van der Waals surface area contributed by atoms with Crippen molar-refractivity contribution in [2.24, 2.45) is 0 Å². The van der Waals surface area contributed by atoms with Crippen molar-refractivity contribution in [1.82, 2.24) is 5.32 Å². The second-order valence-electron chi connectivity index (χ2n) is 2.95. The number of phenolic OH excluding ortho intramolecular Hbond substituents is 1. The van der Waals surface area contributed by atoms with Crippen molar-refractivity contribution in [2.45, 2.75) is 13.0 Å². The van der Waals surface area contributed by atoms with Crippen LogP contribution < -0.4 is 5.32 Å². The molecule has 0 aromatic heterocycles. The number of aromatic hydroxyl groups is 1. The number of carbonyl (C=O) groups is 1. The third kappa shape index (κ3) is 2.06. The molecule has 2 N–H and O–H groups in total. The SMILES string of the molecule is CNC(C)c1cc(C=O)ccc1O. The van der Waals surface area contributed by atoms with Crippen molar-refractivity contribution in [3.05, 3.63) is 29.3 Å². The summed E-state index contributed by atoms with van der Waals surface area (Å²) in [4.78, 5) is 10.5. The van der Waals surface area contributed by atoms with Gasteiger partial charge in [-0.1, -0.05) is 0 Å². The predicted octanol–water partition coefficient (Wildman–Crippen LogP) is 1.49. The average molecular weight is 179 g/mol. The monoisotopic (exact) mass is 179 g/mol. The van der Waals surface area contributed by atoms with Gasteiger partial charge < -0.3 is 10.4 Å². The van der Waals surface area contributed by atoms with E-state index in [9.17, 15) is 9.90 Å². The highest BCUT2D eigenvalue weighted by molar-refractivity contribution is 5.75. The van der Waals surface area contributed by atoms with Gasteiger partial charge in [0.15, 0.2) is 0 Å². The summed E-state index contributed by atoms with van der Waals surface area (Å²) >= 11 is 0. The van der Waals surface area contributed by atoms with Gasteiger partial charge in [-0.3, -0.25) is 4.79 Å². The van der Waals surface area contributed by atoms with Crippen molar-refractivity contribution in [1.29, 1.82) is 0 Å². The van der Waals surface area contributed by atoms with Crippen LogP contribution in [0.2, 0.25) is 0 Å². The van der Waals surface area contributed by atoms with E-state index in [0.29, 0.717) is 5.56 Å². The summed E-state index contributed by atoms with van der Waals surface area (Å²) in [6, 6.07) is 4.85. The molecule has 0 heterocycles. The van der Waals surface area contributed by atoms with Crippen LogP contribution in [0.4, 0.5) is 0 Å². The molecule has 0 saturated carbocycles. The minimum absolute atomic E-state index is 0.0416. The minimum atomic E-state index is 0.0416. The van der Waals surface area contributed by atoms with Crippen molar-refractivity contribution in [3.8, 4) is 5.75 Å². The summed E-state index contributed by atoms with van der Waals surface area (Å²) in [5.74, 6) is 0.215. The summed E-state index contributed by atoms with van der Waals surface area (Å²) in [5, 5.41) is 12.5. The van der Waals surface area contributed by atoms with Crippen LogP contribution in [0.1, 0.15) is 28.9 Å². The minimum Gasteiger partial charge on any atom is -0.508 e. The molecule has 0 saturated heterocycles. The first-order valence-electron chi connectivity index (χ1n) is 4.14. The van der Waals surface area contributed by atoms with Gasteiger partial charge >= 0.3 is 0 Å². The standard InChI is InChI=1S/C10H13NO2/c1-7(11-2)9-5-8(6-12)3-4-10(9)13/h3-7,11,13H,1-2H3. The van der Waals surface area contributed by atoms with Crippen molar-refractivity contribution < 1.29 is 9.90 Å². The van der Waals surface area contributed by atoms with Gasteiger partial charge in [0, 0.05) is 17.2 Å². The number of nitrogens with one attached hydrogen (secondary N) is 1. The molecule has 3 nitrogen and oxygen atoms in total. The number of rotatable bonds is 3. The highest BCUT2D eigenvalue weighted by Gasteiger charge is 2.08. The lowest BCUT2D eigenvalue weighted by Gasteiger charge is -2.12. The van der Waals surface area contributed by atoms with Gasteiger partial charge in [0.25, 0.3) is 0 Å². The molecule has 0 bridgehead atoms. The quantitative estimate of drug-likeness (QED) is 0.691. The Morgan fingerprint density at radius 2 is 2.23 bits per heavy atom. The zero-order valence-corrected chi connectivity index (χ0v) is 7.74. The Bertz CT molecular complexity index is 310. The van der Waals surface area contributed by atoms with Gasteiger partial charge in [-0.05, 0) is 32.2 Å². The predicted molar refractivity (Wildman–Crippen MR) is 51.0 cm³/mol. The van der Waals surface area contributed by atoms with E-state index >= 15 is 0 Å².